The van der Waals surface area contributed by atoms with E-state index in [9.17, 15) is 9.90 Å². The molecule has 0 aromatic rings. The first-order valence-corrected chi connectivity index (χ1v) is 5.43. The Bertz CT molecular complexity index is 307. The summed E-state index contributed by atoms with van der Waals surface area (Å²) in [5.74, 6) is -0.747. The standard InChI is InChI=1S/C10H17NO6/c1-10(2)16-6-5(4-12)15-8(7(6)17-10)11-9(13)14-3/h5-8,12H,4H2,1-3H3,(H,11,13)/t5-,6-,7-,8-/m1/s1. The normalized spacial score (nSPS) is 38.8. The molecule has 0 aromatic heterocycles. The lowest BCUT2D eigenvalue weighted by molar-refractivity contribution is -0.192. The van der Waals surface area contributed by atoms with Crippen molar-refractivity contribution in [3.8, 4) is 0 Å². The molecule has 0 radical (unpaired) electrons. The summed E-state index contributed by atoms with van der Waals surface area (Å²) < 4.78 is 21.2. The van der Waals surface area contributed by atoms with Crippen LogP contribution in [0.2, 0.25) is 0 Å². The van der Waals surface area contributed by atoms with E-state index in [1.54, 1.807) is 13.8 Å². The summed E-state index contributed by atoms with van der Waals surface area (Å²) >= 11 is 0. The molecule has 2 aliphatic rings. The molecule has 4 atom stereocenters. The number of carbonyl (C=O) groups excluding carboxylic acids is 1. The highest BCUT2D eigenvalue weighted by Crippen LogP contribution is 2.37. The highest BCUT2D eigenvalue weighted by molar-refractivity contribution is 5.67. The summed E-state index contributed by atoms with van der Waals surface area (Å²) in [6.45, 7) is 3.35. The van der Waals surface area contributed by atoms with Crippen LogP contribution >= 0.6 is 0 Å². The molecule has 98 valence electrons. The summed E-state index contributed by atoms with van der Waals surface area (Å²) in [6, 6.07) is 0. The number of ether oxygens (including phenoxy) is 4. The molecule has 17 heavy (non-hydrogen) atoms. The maximum absolute atomic E-state index is 11.1. The topological polar surface area (TPSA) is 86.3 Å². The molecule has 1 amide bonds. The van der Waals surface area contributed by atoms with Gasteiger partial charge in [-0.1, -0.05) is 0 Å². The molecule has 7 nitrogen and oxygen atoms in total. The third kappa shape index (κ3) is 2.37. The van der Waals surface area contributed by atoms with Crippen molar-refractivity contribution in [3.63, 3.8) is 0 Å². The number of rotatable bonds is 2. The first-order valence-electron chi connectivity index (χ1n) is 5.43. The van der Waals surface area contributed by atoms with Crippen molar-refractivity contribution < 1.29 is 28.8 Å². The number of hydrogen-bond acceptors (Lipinski definition) is 6. The fraction of sp³-hybridized carbons (Fsp3) is 0.900. The van der Waals surface area contributed by atoms with Crippen molar-refractivity contribution >= 4 is 6.09 Å². The molecule has 0 bridgehead atoms. The van der Waals surface area contributed by atoms with Gasteiger partial charge in [-0.05, 0) is 13.8 Å². The van der Waals surface area contributed by atoms with E-state index in [4.69, 9.17) is 14.2 Å². The van der Waals surface area contributed by atoms with Crippen molar-refractivity contribution in [2.75, 3.05) is 13.7 Å². The van der Waals surface area contributed by atoms with Gasteiger partial charge in [-0.15, -0.1) is 0 Å². The Kier molecular flexibility index (Phi) is 3.26. The van der Waals surface area contributed by atoms with Crippen LogP contribution in [0.1, 0.15) is 13.8 Å². The van der Waals surface area contributed by atoms with Gasteiger partial charge >= 0.3 is 6.09 Å². The molecule has 0 unspecified atom stereocenters. The Balaban J connectivity index is 2.07. The maximum Gasteiger partial charge on any atom is 0.408 e. The Hall–Kier alpha value is -0.890. The molecule has 2 rings (SSSR count). The molecule has 2 saturated heterocycles. The number of aliphatic hydroxyl groups is 1. The van der Waals surface area contributed by atoms with Crippen LogP contribution in [0.3, 0.4) is 0 Å². The van der Waals surface area contributed by atoms with Crippen molar-refractivity contribution in [1.82, 2.24) is 5.32 Å². The minimum atomic E-state index is -0.747. The number of fused-ring (bicyclic) bond motifs is 1. The van der Waals surface area contributed by atoms with Gasteiger partial charge in [0, 0.05) is 0 Å². The van der Waals surface area contributed by atoms with Crippen LogP contribution in [0.25, 0.3) is 0 Å². The third-order valence-corrected chi connectivity index (χ3v) is 2.78. The monoisotopic (exact) mass is 247 g/mol. The lowest BCUT2D eigenvalue weighted by Gasteiger charge is -2.23. The molecule has 0 aromatic carbocycles. The molecule has 0 saturated carbocycles. The molecule has 2 heterocycles. The second-order valence-corrected chi connectivity index (χ2v) is 4.48. The number of nitrogens with one attached hydrogen (secondary N) is 1. The van der Waals surface area contributed by atoms with Crippen molar-refractivity contribution in [1.29, 1.82) is 0 Å². The first-order chi connectivity index (χ1) is 7.96. The zero-order valence-electron chi connectivity index (χ0n) is 10.0. The minimum absolute atomic E-state index is 0.194. The van der Waals surface area contributed by atoms with E-state index in [1.165, 1.54) is 7.11 Å². The van der Waals surface area contributed by atoms with Crippen molar-refractivity contribution in [3.05, 3.63) is 0 Å². The fourth-order valence-electron chi connectivity index (χ4n) is 2.12. The van der Waals surface area contributed by atoms with Gasteiger partial charge in [0.15, 0.2) is 12.0 Å². The first kappa shape index (κ1) is 12.6. The number of carbonyl (C=O) groups is 1. The van der Waals surface area contributed by atoms with Crippen LogP contribution in [0.15, 0.2) is 0 Å². The fourth-order valence-corrected chi connectivity index (χ4v) is 2.12. The zero-order valence-corrected chi connectivity index (χ0v) is 10.0. The molecule has 2 aliphatic heterocycles. The molecule has 2 N–H and O–H groups in total. The van der Waals surface area contributed by atoms with E-state index in [2.05, 4.69) is 10.1 Å². The number of hydrogen-bond donors (Lipinski definition) is 2. The van der Waals surface area contributed by atoms with E-state index in [0.29, 0.717) is 0 Å². The van der Waals surface area contributed by atoms with Gasteiger partial charge < -0.3 is 24.1 Å². The predicted molar refractivity (Wildman–Crippen MR) is 55.1 cm³/mol. The van der Waals surface area contributed by atoms with Crippen LogP contribution < -0.4 is 5.32 Å². The largest absolute Gasteiger partial charge is 0.453 e. The Morgan fingerprint density at radius 3 is 2.65 bits per heavy atom. The Morgan fingerprint density at radius 2 is 2.06 bits per heavy atom. The molecule has 2 fully saturated rings. The van der Waals surface area contributed by atoms with Gasteiger partial charge in [0.05, 0.1) is 13.7 Å². The Morgan fingerprint density at radius 1 is 1.41 bits per heavy atom. The second kappa shape index (κ2) is 4.41. The minimum Gasteiger partial charge on any atom is -0.453 e. The Labute approximate surface area is 99.0 Å². The van der Waals surface area contributed by atoms with E-state index >= 15 is 0 Å². The van der Waals surface area contributed by atoms with Crippen molar-refractivity contribution in [2.24, 2.45) is 0 Å². The molecule has 0 spiro atoms. The van der Waals surface area contributed by atoms with Gasteiger partial charge in [0.25, 0.3) is 0 Å². The van der Waals surface area contributed by atoms with Gasteiger partial charge in [0.2, 0.25) is 0 Å². The summed E-state index contributed by atoms with van der Waals surface area (Å²) in [7, 11) is 1.27. The summed E-state index contributed by atoms with van der Waals surface area (Å²) in [5, 5.41) is 11.7. The zero-order chi connectivity index (χ0) is 12.6. The number of methoxy groups -OCH3 is 1. The van der Waals surface area contributed by atoms with Gasteiger partial charge in [-0.2, -0.15) is 0 Å². The summed E-state index contributed by atoms with van der Waals surface area (Å²) in [4.78, 5) is 11.1. The van der Waals surface area contributed by atoms with Crippen LogP contribution in [0.4, 0.5) is 4.79 Å². The molecule has 0 aliphatic carbocycles. The number of amides is 1. The number of aliphatic hydroxyl groups excluding tert-OH is 1. The van der Waals surface area contributed by atoms with Crippen molar-refractivity contribution in [2.45, 2.75) is 44.2 Å². The highest BCUT2D eigenvalue weighted by Gasteiger charge is 2.55. The average Bonchev–Trinajstić information content (AvgIpc) is 2.73. The van der Waals surface area contributed by atoms with E-state index in [0.717, 1.165) is 0 Å². The van der Waals surface area contributed by atoms with Crippen LogP contribution in [0, 0.1) is 0 Å². The average molecular weight is 247 g/mol. The quantitative estimate of drug-likeness (QED) is 0.689. The van der Waals surface area contributed by atoms with Crippen LogP contribution in [-0.4, -0.2) is 55.2 Å². The van der Waals surface area contributed by atoms with Gasteiger partial charge in [-0.3, -0.25) is 5.32 Å². The van der Waals surface area contributed by atoms with E-state index in [-0.39, 0.29) is 6.61 Å². The lowest BCUT2D eigenvalue weighted by Crippen LogP contribution is -2.43. The number of alkyl carbamates (subject to hydrolysis) is 1. The molecular formula is C10H17NO6. The van der Waals surface area contributed by atoms with E-state index < -0.39 is 36.4 Å². The molecule has 7 heteroatoms. The van der Waals surface area contributed by atoms with E-state index in [1.807, 2.05) is 0 Å². The molecular weight excluding hydrogens is 230 g/mol. The van der Waals surface area contributed by atoms with Gasteiger partial charge in [-0.25, -0.2) is 4.79 Å². The smallest absolute Gasteiger partial charge is 0.408 e. The van der Waals surface area contributed by atoms with Crippen LogP contribution in [0.5, 0.6) is 0 Å². The summed E-state index contributed by atoms with van der Waals surface area (Å²) in [5.41, 5.74) is 0. The third-order valence-electron chi connectivity index (χ3n) is 2.78. The van der Waals surface area contributed by atoms with Gasteiger partial charge in [0.1, 0.15) is 18.3 Å². The van der Waals surface area contributed by atoms with Crippen LogP contribution in [-0.2, 0) is 18.9 Å². The predicted octanol–water partition coefficient (Wildman–Crippen LogP) is -0.420. The SMILES string of the molecule is COC(=O)N[C@@H]1O[C@H](CO)[C@H]2OC(C)(C)O[C@H]21. The lowest BCUT2D eigenvalue weighted by atomic mass is 10.1. The summed E-state index contributed by atoms with van der Waals surface area (Å²) in [6.07, 6.45) is -2.63. The highest BCUT2D eigenvalue weighted by atomic mass is 16.8. The second-order valence-electron chi connectivity index (χ2n) is 4.48. The maximum atomic E-state index is 11.1.